The number of ether oxygens (including phenoxy) is 1. The highest BCUT2D eigenvalue weighted by Crippen LogP contribution is 2.36. The molecular formula is C16H13BrFNO2. The van der Waals surface area contributed by atoms with Crippen molar-refractivity contribution in [2.24, 2.45) is 0 Å². The smallest absolute Gasteiger partial charge is 0.228 e. The number of carbonyl (C=O) groups is 1. The van der Waals surface area contributed by atoms with E-state index in [4.69, 9.17) is 4.74 Å². The lowest BCUT2D eigenvalue weighted by atomic mass is 10.0. The Kier molecular flexibility index (Phi) is 3.68. The van der Waals surface area contributed by atoms with Gasteiger partial charge in [0, 0.05) is 5.69 Å². The number of methoxy groups -OCH3 is 1. The van der Waals surface area contributed by atoms with Gasteiger partial charge >= 0.3 is 0 Å². The molecule has 21 heavy (non-hydrogen) atoms. The van der Waals surface area contributed by atoms with E-state index in [1.165, 1.54) is 13.2 Å². The third-order valence-corrected chi connectivity index (χ3v) is 4.57. The molecule has 2 aromatic carbocycles. The van der Waals surface area contributed by atoms with E-state index >= 15 is 0 Å². The first kappa shape index (κ1) is 14.1. The summed E-state index contributed by atoms with van der Waals surface area (Å²) in [6, 6.07) is 10.6. The Morgan fingerprint density at radius 2 is 1.95 bits per heavy atom. The molecule has 0 aliphatic carbocycles. The molecule has 0 aromatic heterocycles. The third kappa shape index (κ3) is 2.65. The summed E-state index contributed by atoms with van der Waals surface area (Å²) in [6.45, 7) is 0. The van der Waals surface area contributed by atoms with E-state index in [-0.39, 0.29) is 22.3 Å². The number of fused-ring (bicyclic) bond motifs is 1. The highest BCUT2D eigenvalue weighted by atomic mass is 79.9. The zero-order valence-electron chi connectivity index (χ0n) is 11.3. The van der Waals surface area contributed by atoms with Crippen LogP contribution in [0.4, 0.5) is 10.1 Å². The van der Waals surface area contributed by atoms with E-state index < -0.39 is 0 Å². The van der Waals surface area contributed by atoms with E-state index in [1.54, 1.807) is 12.1 Å². The van der Waals surface area contributed by atoms with Crippen molar-refractivity contribution in [3.8, 4) is 5.75 Å². The average molecular weight is 350 g/mol. The van der Waals surface area contributed by atoms with Crippen molar-refractivity contribution in [2.45, 2.75) is 11.2 Å². The highest BCUT2D eigenvalue weighted by Gasteiger charge is 2.20. The molecule has 3 nitrogen and oxygen atoms in total. The van der Waals surface area contributed by atoms with Crippen LogP contribution in [-0.4, -0.2) is 13.0 Å². The summed E-state index contributed by atoms with van der Waals surface area (Å²) in [6.07, 6.45) is 0.398. The van der Waals surface area contributed by atoms with E-state index in [9.17, 15) is 9.18 Å². The second-order valence-electron chi connectivity index (χ2n) is 4.90. The molecule has 0 saturated heterocycles. The molecule has 0 saturated carbocycles. The summed E-state index contributed by atoms with van der Waals surface area (Å²) in [5.41, 5.74) is 3.75. The predicted molar refractivity (Wildman–Crippen MR) is 82.5 cm³/mol. The second kappa shape index (κ2) is 5.48. The van der Waals surface area contributed by atoms with Crippen LogP contribution in [0.2, 0.25) is 0 Å². The normalized spacial score (nSPS) is 14.5. The second-order valence-corrected chi connectivity index (χ2v) is 5.81. The number of nitrogens with one attached hydrogen (secondary N) is 1. The van der Waals surface area contributed by atoms with Gasteiger partial charge in [0.1, 0.15) is 0 Å². The SMILES string of the molecule is COc1cc(C(Br)c2ccc3c(c2)CC(=O)N3)ccc1F. The fraction of sp³-hybridized carbons (Fsp3) is 0.188. The first-order chi connectivity index (χ1) is 10.1. The van der Waals surface area contributed by atoms with Crippen molar-refractivity contribution < 1.29 is 13.9 Å². The van der Waals surface area contributed by atoms with E-state index in [2.05, 4.69) is 21.2 Å². The van der Waals surface area contributed by atoms with Crippen LogP contribution in [-0.2, 0) is 11.2 Å². The van der Waals surface area contributed by atoms with Crippen molar-refractivity contribution in [1.82, 2.24) is 0 Å². The van der Waals surface area contributed by atoms with Gasteiger partial charge in [-0.2, -0.15) is 0 Å². The lowest BCUT2D eigenvalue weighted by Crippen LogP contribution is -2.03. The Labute approximate surface area is 130 Å². The summed E-state index contributed by atoms with van der Waals surface area (Å²) >= 11 is 3.62. The molecular weight excluding hydrogens is 337 g/mol. The Balaban J connectivity index is 1.94. The molecule has 1 unspecified atom stereocenters. The van der Waals surface area contributed by atoms with Crippen molar-refractivity contribution in [1.29, 1.82) is 0 Å². The molecule has 1 amide bonds. The Bertz CT molecular complexity index is 717. The molecule has 1 aliphatic rings. The molecule has 1 aliphatic heterocycles. The number of carbonyl (C=O) groups excluding carboxylic acids is 1. The predicted octanol–water partition coefficient (Wildman–Crippen LogP) is 3.81. The zero-order chi connectivity index (χ0) is 15.0. The summed E-state index contributed by atoms with van der Waals surface area (Å²) in [5, 5.41) is 2.81. The standard InChI is InChI=1S/C16H13BrFNO2/c1-21-14-7-10(2-4-12(14)18)16(17)9-3-5-13-11(6-9)8-15(20)19-13/h2-7,16H,8H2,1H3,(H,19,20). The number of rotatable bonds is 3. The topological polar surface area (TPSA) is 38.3 Å². The van der Waals surface area contributed by atoms with Crippen molar-refractivity contribution in [3.63, 3.8) is 0 Å². The molecule has 1 heterocycles. The van der Waals surface area contributed by atoms with Gasteiger partial charge in [-0.1, -0.05) is 34.1 Å². The van der Waals surface area contributed by atoms with Gasteiger partial charge in [-0.3, -0.25) is 4.79 Å². The van der Waals surface area contributed by atoms with E-state index in [1.807, 2.05) is 18.2 Å². The van der Waals surface area contributed by atoms with Gasteiger partial charge in [0.2, 0.25) is 5.91 Å². The van der Waals surface area contributed by atoms with Gasteiger partial charge in [0.25, 0.3) is 0 Å². The van der Waals surface area contributed by atoms with Crippen LogP contribution in [0, 0.1) is 5.82 Å². The molecule has 5 heteroatoms. The molecule has 0 bridgehead atoms. The van der Waals surface area contributed by atoms with Crippen molar-refractivity contribution in [2.75, 3.05) is 12.4 Å². The maximum absolute atomic E-state index is 13.5. The monoisotopic (exact) mass is 349 g/mol. The van der Waals surface area contributed by atoms with E-state index in [0.29, 0.717) is 6.42 Å². The summed E-state index contributed by atoms with van der Waals surface area (Å²) < 4.78 is 18.5. The fourth-order valence-corrected chi connectivity index (χ4v) is 3.00. The molecule has 1 N–H and O–H groups in total. The van der Waals surface area contributed by atoms with Crippen LogP contribution in [0.3, 0.4) is 0 Å². The molecule has 2 aromatic rings. The number of benzene rings is 2. The highest BCUT2D eigenvalue weighted by molar-refractivity contribution is 9.09. The lowest BCUT2D eigenvalue weighted by Gasteiger charge is -2.13. The fourth-order valence-electron chi connectivity index (χ4n) is 2.43. The van der Waals surface area contributed by atoms with Crippen molar-refractivity contribution >= 4 is 27.5 Å². The number of halogens is 2. The van der Waals surface area contributed by atoms with Gasteiger partial charge in [0.15, 0.2) is 11.6 Å². The first-order valence-corrected chi connectivity index (χ1v) is 7.40. The van der Waals surface area contributed by atoms with Gasteiger partial charge in [-0.25, -0.2) is 4.39 Å². The summed E-state index contributed by atoms with van der Waals surface area (Å²) in [7, 11) is 1.44. The van der Waals surface area contributed by atoms with Crippen LogP contribution >= 0.6 is 15.9 Å². The summed E-state index contributed by atoms with van der Waals surface area (Å²) in [5.74, 6) is -0.156. The Hall–Kier alpha value is -1.88. The zero-order valence-corrected chi connectivity index (χ0v) is 12.9. The average Bonchev–Trinajstić information content (AvgIpc) is 2.86. The van der Waals surface area contributed by atoms with Gasteiger partial charge in [0.05, 0.1) is 18.4 Å². The number of amides is 1. The summed E-state index contributed by atoms with van der Waals surface area (Å²) in [4.78, 5) is 11.3. The minimum atomic E-state index is -0.385. The number of hydrogen-bond acceptors (Lipinski definition) is 2. The molecule has 1 atom stereocenters. The van der Waals surface area contributed by atoms with Gasteiger partial charge in [-0.05, 0) is 34.9 Å². The quantitative estimate of drug-likeness (QED) is 0.855. The molecule has 0 radical (unpaired) electrons. The maximum Gasteiger partial charge on any atom is 0.228 e. The third-order valence-electron chi connectivity index (χ3n) is 3.51. The Morgan fingerprint density at radius 3 is 2.71 bits per heavy atom. The van der Waals surface area contributed by atoms with Crippen LogP contribution in [0.25, 0.3) is 0 Å². The van der Waals surface area contributed by atoms with Gasteiger partial charge in [-0.15, -0.1) is 0 Å². The maximum atomic E-state index is 13.5. The largest absolute Gasteiger partial charge is 0.494 e. The number of hydrogen-bond donors (Lipinski definition) is 1. The van der Waals surface area contributed by atoms with Crippen LogP contribution in [0.15, 0.2) is 36.4 Å². The van der Waals surface area contributed by atoms with E-state index in [0.717, 1.165) is 22.4 Å². The Morgan fingerprint density at radius 1 is 1.24 bits per heavy atom. The number of anilines is 1. The number of alkyl halides is 1. The lowest BCUT2D eigenvalue weighted by molar-refractivity contribution is -0.115. The minimum absolute atomic E-state index is 0.0109. The van der Waals surface area contributed by atoms with Gasteiger partial charge < -0.3 is 10.1 Å². The first-order valence-electron chi connectivity index (χ1n) is 6.48. The minimum Gasteiger partial charge on any atom is -0.494 e. The molecule has 108 valence electrons. The van der Waals surface area contributed by atoms with Crippen molar-refractivity contribution in [3.05, 3.63) is 58.9 Å². The van der Waals surface area contributed by atoms with Crippen LogP contribution < -0.4 is 10.1 Å². The molecule has 3 rings (SSSR count). The molecule has 0 spiro atoms. The van der Waals surface area contributed by atoms with Crippen LogP contribution in [0.5, 0.6) is 5.75 Å². The molecule has 0 fully saturated rings. The van der Waals surface area contributed by atoms with Crippen LogP contribution in [0.1, 0.15) is 21.5 Å².